The normalized spacial score (nSPS) is 11.1. The van der Waals surface area contributed by atoms with Gasteiger partial charge in [-0.05, 0) is 92.2 Å². The summed E-state index contributed by atoms with van der Waals surface area (Å²) in [5.41, 5.74) is 13.1. The molecule has 0 fully saturated rings. The molecule has 0 aliphatic carbocycles. The summed E-state index contributed by atoms with van der Waals surface area (Å²) in [6.45, 7) is 4.51. The van der Waals surface area contributed by atoms with Crippen molar-refractivity contribution in [2.45, 2.75) is 78.1 Å². The Morgan fingerprint density at radius 3 is 0.958 bits per heavy atom. The number of rotatable bonds is 16. The van der Waals surface area contributed by atoms with Gasteiger partial charge in [-0.3, -0.25) is 0 Å². The van der Waals surface area contributed by atoms with Crippen LogP contribution in [0.1, 0.15) is 76.3 Å². The van der Waals surface area contributed by atoms with Gasteiger partial charge in [0.05, 0.1) is 0 Å². The second-order valence-corrected chi connectivity index (χ2v) is 12.9. The van der Waals surface area contributed by atoms with Crippen molar-refractivity contribution in [1.82, 2.24) is 0 Å². The van der Waals surface area contributed by atoms with Crippen molar-refractivity contribution in [1.29, 1.82) is 0 Å². The molecule has 0 radical (unpaired) electrons. The summed E-state index contributed by atoms with van der Waals surface area (Å²) in [4.78, 5) is 0. The number of aryl methyl sites for hydroxylation is 2. The Bertz CT molecular complexity index is 1580. The molecule has 0 saturated heterocycles. The van der Waals surface area contributed by atoms with Crippen LogP contribution >= 0.6 is 0 Å². The van der Waals surface area contributed by atoms with Gasteiger partial charge in [-0.2, -0.15) is 0 Å². The van der Waals surface area contributed by atoms with Gasteiger partial charge in [-0.15, -0.1) is 0 Å². The molecule has 4 nitrogen and oxygen atoms in total. The molecule has 5 aromatic carbocycles. The molecule has 4 N–H and O–H groups in total. The van der Waals surface area contributed by atoms with E-state index in [1.807, 2.05) is 24.3 Å². The molecule has 0 bridgehead atoms. The predicted molar refractivity (Wildman–Crippen MR) is 204 cm³/mol. The summed E-state index contributed by atoms with van der Waals surface area (Å²) in [7, 11) is -2.93. The Morgan fingerprint density at radius 1 is 0.375 bits per heavy atom. The zero-order chi connectivity index (χ0) is 33.9. The molecule has 0 amide bonds. The molecular formula is C42H48B2O4. The van der Waals surface area contributed by atoms with Crippen LogP contribution in [0, 0.1) is 0 Å². The lowest BCUT2D eigenvalue weighted by atomic mass is 9.80. The van der Waals surface area contributed by atoms with Gasteiger partial charge >= 0.3 is 14.2 Å². The van der Waals surface area contributed by atoms with Crippen LogP contribution in [0.25, 0.3) is 44.5 Å². The maximum Gasteiger partial charge on any atom is 0.488 e. The SMILES string of the molecule is CCCCCCc1cc(-c2ccc(-c3ccc(B(O)O)cc3)cc2)c(CCCCCC)cc1-c1ccc(-c2ccc(B(O)O)cc2)cc1. The second-order valence-electron chi connectivity index (χ2n) is 12.9. The number of hydrogen-bond acceptors (Lipinski definition) is 4. The topological polar surface area (TPSA) is 80.9 Å². The van der Waals surface area contributed by atoms with E-state index in [1.165, 1.54) is 71.9 Å². The van der Waals surface area contributed by atoms with E-state index in [0.29, 0.717) is 10.9 Å². The van der Waals surface area contributed by atoms with Crippen molar-refractivity contribution < 1.29 is 20.1 Å². The average Bonchev–Trinajstić information content (AvgIpc) is 3.12. The van der Waals surface area contributed by atoms with E-state index in [0.717, 1.165) is 47.9 Å². The van der Waals surface area contributed by atoms with E-state index < -0.39 is 14.2 Å². The minimum absolute atomic E-state index is 0.488. The highest BCUT2D eigenvalue weighted by Gasteiger charge is 2.16. The van der Waals surface area contributed by atoms with Gasteiger partial charge in [0.2, 0.25) is 0 Å². The average molecular weight is 638 g/mol. The van der Waals surface area contributed by atoms with Crippen LogP contribution in [0.4, 0.5) is 0 Å². The maximum atomic E-state index is 9.48. The van der Waals surface area contributed by atoms with Crippen LogP contribution in [0.15, 0.2) is 109 Å². The number of benzene rings is 5. The van der Waals surface area contributed by atoms with Crippen LogP contribution in [0.3, 0.4) is 0 Å². The number of hydrogen-bond donors (Lipinski definition) is 4. The van der Waals surface area contributed by atoms with Gasteiger partial charge in [-0.1, -0.05) is 162 Å². The van der Waals surface area contributed by atoms with Crippen LogP contribution < -0.4 is 10.9 Å². The summed E-state index contributed by atoms with van der Waals surface area (Å²) in [6, 6.07) is 37.3. The molecule has 246 valence electrons. The summed E-state index contributed by atoms with van der Waals surface area (Å²) >= 11 is 0. The van der Waals surface area contributed by atoms with Gasteiger partial charge < -0.3 is 20.1 Å². The van der Waals surface area contributed by atoms with E-state index in [-0.39, 0.29) is 0 Å². The van der Waals surface area contributed by atoms with E-state index in [1.54, 1.807) is 24.3 Å². The molecule has 0 aliphatic heterocycles. The van der Waals surface area contributed by atoms with Gasteiger partial charge in [0.1, 0.15) is 0 Å². The first-order valence-electron chi connectivity index (χ1n) is 17.7. The second kappa shape index (κ2) is 17.5. The molecule has 0 unspecified atom stereocenters. The summed E-state index contributed by atoms with van der Waals surface area (Å²) in [6.07, 6.45) is 11.8. The lowest BCUT2D eigenvalue weighted by Crippen LogP contribution is -2.29. The van der Waals surface area contributed by atoms with E-state index in [9.17, 15) is 20.1 Å². The van der Waals surface area contributed by atoms with Crippen LogP contribution in [-0.4, -0.2) is 34.3 Å². The fourth-order valence-corrected chi connectivity index (χ4v) is 6.50. The van der Waals surface area contributed by atoms with Crippen molar-refractivity contribution in [3.05, 3.63) is 120 Å². The molecule has 0 aromatic heterocycles. The molecule has 0 aliphatic rings. The Balaban J connectivity index is 1.51. The lowest BCUT2D eigenvalue weighted by molar-refractivity contribution is 0.424. The Labute approximate surface area is 287 Å². The highest BCUT2D eigenvalue weighted by atomic mass is 16.4. The fourth-order valence-electron chi connectivity index (χ4n) is 6.50. The van der Waals surface area contributed by atoms with Crippen molar-refractivity contribution in [3.8, 4) is 44.5 Å². The first-order valence-corrected chi connectivity index (χ1v) is 17.7. The third kappa shape index (κ3) is 9.15. The monoisotopic (exact) mass is 638 g/mol. The minimum Gasteiger partial charge on any atom is -0.423 e. The number of unbranched alkanes of at least 4 members (excludes halogenated alkanes) is 6. The molecule has 0 atom stereocenters. The molecule has 0 spiro atoms. The van der Waals surface area contributed by atoms with Gasteiger partial charge in [0.15, 0.2) is 0 Å². The first-order chi connectivity index (χ1) is 23.4. The predicted octanol–water partition coefficient (Wildman–Crippen LogP) is 7.96. The third-order valence-corrected chi connectivity index (χ3v) is 9.40. The molecular weight excluding hydrogens is 590 g/mol. The zero-order valence-corrected chi connectivity index (χ0v) is 28.4. The largest absolute Gasteiger partial charge is 0.488 e. The quantitative estimate of drug-likeness (QED) is 0.0654. The van der Waals surface area contributed by atoms with Crippen LogP contribution in [0.5, 0.6) is 0 Å². The Morgan fingerprint density at radius 2 is 0.667 bits per heavy atom. The first kappa shape index (κ1) is 35.4. The Kier molecular flexibility index (Phi) is 12.9. The Hall–Kier alpha value is -3.93. The van der Waals surface area contributed by atoms with Crippen molar-refractivity contribution in [2.24, 2.45) is 0 Å². The van der Waals surface area contributed by atoms with Gasteiger partial charge in [0, 0.05) is 0 Å². The van der Waals surface area contributed by atoms with E-state index in [4.69, 9.17) is 0 Å². The van der Waals surface area contributed by atoms with Gasteiger partial charge in [-0.25, -0.2) is 0 Å². The van der Waals surface area contributed by atoms with Crippen molar-refractivity contribution >= 4 is 25.2 Å². The molecule has 5 aromatic rings. The van der Waals surface area contributed by atoms with Crippen LogP contribution in [0.2, 0.25) is 0 Å². The zero-order valence-electron chi connectivity index (χ0n) is 28.4. The maximum absolute atomic E-state index is 9.48. The van der Waals surface area contributed by atoms with Gasteiger partial charge in [0.25, 0.3) is 0 Å². The molecule has 5 rings (SSSR count). The standard InChI is InChI=1S/C42H48B2O4/c1-3-5-7-9-11-37-29-42(36-19-15-32(16-20-36)34-23-27-40(28-24-34)44(47)48)38(12-10-8-6-4-2)30-41(37)35-17-13-31(14-18-35)33-21-25-39(26-22-33)43(45)46/h13-30,45-48H,3-12H2,1-2H3. The van der Waals surface area contributed by atoms with Crippen molar-refractivity contribution in [3.63, 3.8) is 0 Å². The lowest BCUT2D eigenvalue weighted by Gasteiger charge is -2.18. The molecule has 0 heterocycles. The molecule has 6 heteroatoms. The smallest absolute Gasteiger partial charge is 0.423 e. The highest BCUT2D eigenvalue weighted by Crippen LogP contribution is 2.36. The van der Waals surface area contributed by atoms with Crippen LogP contribution in [-0.2, 0) is 12.8 Å². The molecule has 48 heavy (non-hydrogen) atoms. The highest BCUT2D eigenvalue weighted by molar-refractivity contribution is 6.59. The van der Waals surface area contributed by atoms with E-state index in [2.05, 4.69) is 74.5 Å². The van der Waals surface area contributed by atoms with E-state index >= 15 is 0 Å². The summed E-state index contributed by atoms with van der Waals surface area (Å²) in [5.74, 6) is 0. The summed E-state index contributed by atoms with van der Waals surface area (Å²) in [5, 5.41) is 37.9. The summed E-state index contributed by atoms with van der Waals surface area (Å²) < 4.78 is 0. The van der Waals surface area contributed by atoms with Crippen molar-refractivity contribution in [2.75, 3.05) is 0 Å². The fraction of sp³-hybridized carbons (Fsp3) is 0.286. The third-order valence-electron chi connectivity index (χ3n) is 9.40. The molecule has 0 saturated carbocycles. The minimum atomic E-state index is -1.46.